The van der Waals surface area contributed by atoms with Crippen molar-refractivity contribution < 1.29 is 27.5 Å². The Balaban J connectivity index is 2.02. The molecule has 0 radical (unpaired) electrons. The van der Waals surface area contributed by atoms with Gasteiger partial charge in [0.25, 0.3) is 0 Å². The van der Waals surface area contributed by atoms with Crippen molar-refractivity contribution in [3.05, 3.63) is 29.8 Å². The number of amides is 2. The van der Waals surface area contributed by atoms with Crippen molar-refractivity contribution in [3.8, 4) is 0 Å². The molecule has 0 aromatic heterocycles. The third-order valence-electron chi connectivity index (χ3n) is 3.93. The van der Waals surface area contributed by atoms with E-state index in [-0.39, 0.29) is 30.6 Å². The zero-order valence-electron chi connectivity index (χ0n) is 13.4. The number of hydrogen-bond donors (Lipinski definition) is 1. The Bertz CT molecular complexity index is 619. The number of likely N-dealkylation sites (tertiary alicyclic amines) is 1. The Labute approximate surface area is 137 Å². The Morgan fingerprint density at radius 1 is 1.46 bits per heavy atom. The summed E-state index contributed by atoms with van der Waals surface area (Å²) in [5.41, 5.74) is -0.774. The van der Waals surface area contributed by atoms with Gasteiger partial charge in [0, 0.05) is 25.8 Å². The molecule has 132 valence electrons. The number of hydrogen-bond acceptors (Lipinski definition) is 3. The maximum atomic E-state index is 12.7. The number of carbonyl (C=O) groups excluding carboxylic acids is 2. The minimum absolute atomic E-state index is 0.0405. The molecule has 5 nitrogen and oxygen atoms in total. The summed E-state index contributed by atoms with van der Waals surface area (Å²) in [4.78, 5) is 25.8. The number of benzene rings is 1. The number of nitrogens with one attached hydrogen (secondary N) is 1. The summed E-state index contributed by atoms with van der Waals surface area (Å²) < 4.78 is 43.1. The average Bonchev–Trinajstić information content (AvgIpc) is 2.89. The van der Waals surface area contributed by atoms with Crippen molar-refractivity contribution in [2.45, 2.75) is 25.6 Å². The minimum atomic E-state index is -4.48. The van der Waals surface area contributed by atoms with Crippen LogP contribution in [0.4, 0.5) is 18.9 Å². The van der Waals surface area contributed by atoms with E-state index in [9.17, 15) is 22.8 Å². The van der Waals surface area contributed by atoms with Crippen molar-refractivity contribution in [2.75, 3.05) is 25.6 Å². The molecule has 8 heteroatoms. The largest absolute Gasteiger partial charge is 0.416 e. The summed E-state index contributed by atoms with van der Waals surface area (Å²) in [5.74, 6) is -1.22. The molecule has 24 heavy (non-hydrogen) atoms. The van der Waals surface area contributed by atoms with Crippen molar-refractivity contribution in [2.24, 2.45) is 5.92 Å². The van der Waals surface area contributed by atoms with Gasteiger partial charge in [0.15, 0.2) is 0 Å². The standard InChI is InChI=1S/C16H19F3N2O3/c1-10(9-24-2)21-8-11(6-14(21)22)15(23)20-13-5-3-4-12(7-13)16(17,18)19/h3-5,7,10-11H,6,8-9H2,1-2H3,(H,20,23)/t10-,11-/m0/s1. The van der Waals surface area contributed by atoms with Crippen LogP contribution in [0.5, 0.6) is 0 Å². The number of alkyl halides is 3. The van der Waals surface area contributed by atoms with E-state index in [0.717, 1.165) is 12.1 Å². The van der Waals surface area contributed by atoms with Gasteiger partial charge in [-0.3, -0.25) is 9.59 Å². The molecule has 1 heterocycles. The molecule has 0 aliphatic carbocycles. The fraction of sp³-hybridized carbons (Fsp3) is 0.500. The van der Waals surface area contributed by atoms with E-state index < -0.39 is 23.6 Å². The summed E-state index contributed by atoms with van der Waals surface area (Å²) in [6.07, 6.45) is -4.44. The Hall–Kier alpha value is -2.09. The first kappa shape index (κ1) is 18.3. The highest BCUT2D eigenvalue weighted by Gasteiger charge is 2.37. The molecule has 1 fully saturated rings. The number of carbonyl (C=O) groups is 2. The summed E-state index contributed by atoms with van der Waals surface area (Å²) >= 11 is 0. The molecule has 0 unspecified atom stereocenters. The molecular weight excluding hydrogens is 325 g/mol. The normalized spacial score (nSPS) is 19.5. The van der Waals surface area contributed by atoms with Crippen molar-refractivity contribution in [3.63, 3.8) is 0 Å². The van der Waals surface area contributed by atoms with Gasteiger partial charge >= 0.3 is 6.18 Å². The molecule has 1 aromatic carbocycles. The summed E-state index contributed by atoms with van der Waals surface area (Å²) in [5, 5.41) is 2.46. The molecule has 2 amide bonds. The van der Waals surface area contributed by atoms with Crippen LogP contribution in [0.15, 0.2) is 24.3 Å². The first-order valence-corrected chi connectivity index (χ1v) is 7.49. The fourth-order valence-corrected chi connectivity index (χ4v) is 2.68. The van der Waals surface area contributed by atoms with Gasteiger partial charge in [-0.25, -0.2) is 0 Å². The number of halogens is 3. The smallest absolute Gasteiger partial charge is 0.383 e. The lowest BCUT2D eigenvalue weighted by Gasteiger charge is -2.23. The molecule has 0 bridgehead atoms. The zero-order chi connectivity index (χ0) is 17.9. The highest BCUT2D eigenvalue weighted by Crippen LogP contribution is 2.31. The molecule has 1 saturated heterocycles. The van der Waals surface area contributed by atoms with E-state index >= 15 is 0 Å². The maximum Gasteiger partial charge on any atom is 0.416 e. The fourth-order valence-electron chi connectivity index (χ4n) is 2.68. The Morgan fingerprint density at radius 2 is 2.17 bits per heavy atom. The zero-order valence-corrected chi connectivity index (χ0v) is 13.4. The number of methoxy groups -OCH3 is 1. The highest BCUT2D eigenvalue weighted by atomic mass is 19.4. The lowest BCUT2D eigenvalue weighted by molar-refractivity contribution is -0.137. The quantitative estimate of drug-likeness (QED) is 0.893. The van der Waals surface area contributed by atoms with Gasteiger partial charge < -0.3 is 15.0 Å². The van der Waals surface area contributed by atoms with Crippen molar-refractivity contribution in [1.82, 2.24) is 4.90 Å². The van der Waals surface area contributed by atoms with E-state index in [2.05, 4.69) is 5.32 Å². The van der Waals surface area contributed by atoms with Crippen molar-refractivity contribution >= 4 is 17.5 Å². The van der Waals surface area contributed by atoms with E-state index in [1.54, 1.807) is 4.90 Å². The molecule has 2 rings (SSSR count). The second-order valence-corrected chi connectivity index (χ2v) is 5.82. The molecule has 0 spiro atoms. The summed E-state index contributed by atoms with van der Waals surface area (Å²) in [6.45, 7) is 2.40. The number of anilines is 1. The lowest BCUT2D eigenvalue weighted by atomic mass is 10.1. The predicted octanol–water partition coefficient (Wildman–Crippen LogP) is 2.53. The molecule has 1 aromatic rings. The third kappa shape index (κ3) is 4.25. The van der Waals surface area contributed by atoms with Gasteiger partial charge in [-0.05, 0) is 25.1 Å². The van der Waals surface area contributed by atoms with Crippen LogP contribution in [0.2, 0.25) is 0 Å². The molecular formula is C16H19F3N2O3. The van der Waals surface area contributed by atoms with Crippen molar-refractivity contribution in [1.29, 1.82) is 0 Å². The lowest BCUT2D eigenvalue weighted by Crippen LogP contribution is -2.38. The molecule has 1 aliphatic heterocycles. The number of nitrogens with zero attached hydrogens (tertiary/aromatic N) is 1. The average molecular weight is 344 g/mol. The highest BCUT2D eigenvalue weighted by molar-refractivity contribution is 5.97. The van der Waals surface area contributed by atoms with Crippen LogP contribution < -0.4 is 5.32 Å². The van der Waals surface area contributed by atoms with E-state index in [1.165, 1.54) is 19.2 Å². The van der Waals surface area contributed by atoms with Crippen LogP contribution in [-0.2, 0) is 20.5 Å². The summed E-state index contributed by atoms with van der Waals surface area (Å²) in [6, 6.07) is 4.26. The molecule has 2 atom stereocenters. The van der Waals surface area contributed by atoms with Gasteiger partial charge in [0.1, 0.15) is 0 Å². The Morgan fingerprint density at radius 3 is 2.79 bits per heavy atom. The molecule has 0 saturated carbocycles. The monoisotopic (exact) mass is 344 g/mol. The van der Waals surface area contributed by atoms with Gasteiger partial charge in [-0.1, -0.05) is 6.07 Å². The maximum absolute atomic E-state index is 12.7. The second kappa shape index (κ2) is 7.21. The third-order valence-corrected chi connectivity index (χ3v) is 3.93. The van der Waals surface area contributed by atoms with Crippen LogP contribution in [0, 0.1) is 5.92 Å². The van der Waals surface area contributed by atoms with Crippen LogP contribution in [0.1, 0.15) is 18.9 Å². The van der Waals surface area contributed by atoms with Gasteiger partial charge in [-0.2, -0.15) is 13.2 Å². The second-order valence-electron chi connectivity index (χ2n) is 5.82. The van der Waals surface area contributed by atoms with Gasteiger partial charge in [-0.15, -0.1) is 0 Å². The Kier molecular flexibility index (Phi) is 5.48. The van der Waals surface area contributed by atoms with E-state index in [1.807, 2.05) is 6.92 Å². The first-order valence-electron chi connectivity index (χ1n) is 7.49. The first-order chi connectivity index (χ1) is 11.2. The predicted molar refractivity (Wildman–Crippen MR) is 81.2 cm³/mol. The van der Waals surface area contributed by atoms with Crippen LogP contribution in [0.25, 0.3) is 0 Å². The number of rotatable bonds is 5. The van der Waals surface area contributed by atoms with Crippen LogP contribution in [0.3, 0.4) is 0 Å². The number of ether oxygens (including phenoxy) is 1. The molecule has 1 aliphatic rings. The topological polar surface area (TPSA) is 58.6 Å². The van der Waals surface area contributed by atoms with Gasteiger partial charge in [0.05, 0.1) is 24.1 Å². The SMILES string of the molecule is COC[C@H](C)N1C[C@@H](C(=O)Nc2cccc(C(F)(F)F)c2)CC1=O. The minimum Gasteiger partial charge on any atom is -0.383 e. The van der Waals surface area contributed by atoms with E-state index in [4.69, 9.17) is 4.74 Å². The van der Waals surface area contributed by atoms with Gasteiger partial charge in [0.2, 0.25) is 11.8 Å². The van der Waals surface area contributed by atoms with E-state index in [0.29, 0.717) is 6.61 Å². The van der Waals surface area contributed by atoms with Crippen LogP contribution in [-0.4, -0.2) is 43.0 Å². The summed E-state index contributed by atoms with van der Waals surface area (Å²) in [7, 11) is 1.52. The van der Waals surface area contributed by atoms with Crippen LogP contribution >= 0.6 is 0 Å². The molecule has 1 N–H and O–H groups in total.